The van der Waals surface area contributed by atoms with Crippen LogP contribution in [0.5, 0.6) is 0 Å². The number of esters is 1. The molecule has 1 heterocycles. The molecular weight excluding hydrogens is 170 g/mol. The third-order valence-corrected chi connectivity index (χ3v) is 2.28. The van der Waals surface area contributed by atoms with E-state index in [1.54, 1.807) is 0 Å². The lowest BCUT2D eigenvalue weighted by Gasteiger charge is -2.35. The molecule has 0 aliphatic carbocycles. The number of carbonyl (C=O) groups excluding carboxylic acids is 1. The Hall–Kier alpha value is -0.610. The fraction of sp³-hybridized carbons (Fsp3) is 0.889. The van der Waals surface area contributed by atoms with Crippen molar-refractivity contribution in [3.63, 3.8) is 0 Å². The van der Waals surface area contributed by atoms with Crippen LogP contribution in [0.2, 0.25) is 0 Å². The summed E-state index contributed by atoms with van der Waals surface area (Å²) in [5.41, 5.74) is 0. The molecule has 0 spiro atoms. The predicted octanol–water partition coefficient (Wildman–Crippen LogP) is -0.138. The second-order valence-corrected chi connectivity index (χ2v) is 3.62. The van der Waals surface area contributed by atoms with Crippen LogP contribution in [0.3, 0.4) is 0 Å². The molecule has 0 aromatic heterocycles. The maximum atomic E-state index is 11.4. The zero-order valence-corrected chi connectivity index (χ0v) is 8.19. The third kappa shape index (κ3) is 2.42. The summed E-state index contributed by atoms with van der Waals surface area (Å²) >= 11 is 0. The van der Waals surface area contributed by atoms with E-state index >= 15 is 0 Å². The van der Waals surface area contributed by atoms with Crippen molar-refractivity contribution in [3.05, 3.63) is 0 Å². The number of ether oxygens (including phenoxy) is 1. The minimum atomic E-state index is -0.180. The Morgan fingerprint density at radius 3 is 2.92 bits per heavy atom. The summed E-state index contributed by atoms with van der Waals surface area (Å²) in [6.45, 7) is 5.80. The standard InChI is InChI=1S/C9H17NO3/c1-7(2)8-9(12)13-6-4-10(8)3-5-11/h7-8,11H,3-6H2,1-2H3. The van der Waals surface area contributed by atoms with Crippen LogP contribution in [-0.2, 0) is 9.53 Å². The molecule has 0 amide bonds. The maximum absolute atomic E-state index is 11.4. The Morgan fingerprint density at radius 1 is 1.69 bits per heavy atom. The van der Waals surface area contributed by atoms with Crippen molar-refractivity contribution in [2.75, 3.05) is 26.3 Å². The van der Waals surface area contributed by atoms with Gasteiger partial charge in [-0.15, -0.1) is 0 Å². The molecule has 1 aliphatic rings. The molecule has 1 atom stereocenters. The lowest BCUT2D eigenvalue weighted by molar-refractivity contribution is -0.160. The highest BCUT2D eigenvalue weighted by atomic mass is 16.5. The van der Waals surface area contributed by atoms with Gasteiger partial charge in [-0.05, 0) is 5.92 Å². The van der Waals surface area contributed by atoms with Gasteiger partial charge in [0, 0.05) is 13.1 Å². The average molecular weight is 187 g/mol. The van der Waals surface area contributed by atoms with Crippen LogP contribution in [0.15, 0.2) is 0 Å². The molecular formula is C9H17NO3. The molecule has 4 heteroatoms. The van der Waals surface area contributed by atoms with Crippen molar-refractivity contribution >= 4 is 5.97 Å². The van der Waals surface area contributed by atoms with Gasteiger partial charge in [-0.2, -0.15) is 0 Å². The molecule has 0 saturated carbocycles. The zero-order valence-electron chi connectivity index (χ0n) is 8.19. The Balaban J connectivity index is 2.62. The average Bonchev–Trinajstić information content (AvgIpc) is 2.04. The number of aliphatic hydroxyl groups excluding tert-OH is 1. The number of β-amino-alcohol motifs (C(OH)–C–C–N with tert-alkyl or cyclic N) is 1. The summed E-state index contributed by atoms with van der Waals surface area (Å²) in [6.07, 6.45) is 0. The number of hydrogen-bond acceptors (Lipinski definition) is 4. The SMILES string of the molecule is CC(C)C1C(=O)OCCN1CCO. The first-order chi connectivity index (χ1) is 6.16. The van der Waals surface area contributed by atoms with Crippen LogP contribution < -0.4 is 0 Å². The largest absolute Gasteiger partial charge is 0.463 e. The quantitative estimate of drug-likeness (QED) is 0.625. The zero-order chi connectivity index (χ0) is 9.84. The fourth-order valence-electron chi connectivity index (χ4n) is 1.71. The van der Waals surface area contributed by atoms with E-state index < -0.39 is 0 Å². The van der Waals surface area contributed by atoms with Gasteiger partial charge in [0.25, 0.3) is 0 Å². The predicted molar refractivity (Wildman–Crippen MR) is 48.2 cm³/mol. The topological polar surface area (TPSA) is 49.8 Å². The van der Waals surface area contributed by atoms with E-state index in [1.807, 2.05) is 18.7 Å². The van der Waals surface area contributed by atoms with E-state index in [0.717, 1.165) is 6.54 Å². The van der Waals surface area contributed by atoms with Gasteiger partial charge in [0.2, 0.25) is 0 Å². The van der Waals surface area contributed by atoms with Crippen LogP contribution >= 0.6 is 0 Å². The molecule has 1 unspecified atom stereocenters. The van der Waals surface area contributed by atoms with Gasteiger partial charge in [0.1, 0.15) is 12.6 Å². The van der Waals surface area contributed by atoms with Crippen molar-refractivity contribution in [2.24, 2.45) is 5.92 Å². The summed E-state index contributed by atoms with van der Waals surface area (Å²) in [5, 5.41) is 8.81. The second-order valence-electron chi connectivity index (χ2n) is 3.62. The van der Waals surface area contributed by atoms with Gasteiger partial charge in [-0.3, -0.25) is 9.69 Å². The normalized spacial score (nSPS) is 24.9. The molecule has 1 fully saturated rings. The number of carbonyl (C=O) groups is 1. The molecule has 76 valence electrons. The van der Waals surface area contributed by atoms with Crippen molar-refractivity contribution in [2.45, 2.75) is 19.9 Å². The molecule has 0 radical (unpaired) electrons. The molecule has 0 bridgehead atoms. The van der Waals surface area contributed by atoms with Gasteiger partial charge in [0.15, 0.2) is 0 Å². The molecule has 1 N–H and O–H groups in total. The van der Waals surface area contributed by atoms with Crippen LogP contribution in [0.25, 0.3) is 0 Å². The van der Waals surface area contributed by atoms with Crippen molar-refractivity contribution in [1.82, 2.24) is 4.90 Å². The lowest BCUT2D eigenvalue weighted by Crippen LogP contribution is -2.52. The Bertz CT molecular complexity index is 180. The van der Waals surface area contributed by atoms with E-state index in [-0.39, 0.29) is 24.5 Å². The number of cyclic esters (lactones) is 1. The minimum Gasteiger partial charge on any atom is -0.463 e. The summed E-state index contributed by atoms with van der Waals surface area (Å²) in [7, 11) is 0. The Labute approximate surface area is 78.5 Å². The van der Waals surface area contributed by atoms with Crippen LogP contribution in [0, 0.1) is 5.92 Å². The summed E-state index contributed by atoms with van der Waals surface area (Å²) in [4.78, 5) is 13.4. The maximum Gasteiger partial charge on any atom is 0.323 e. The second kappa shape index (κ2) is 4.58. The highest BCUT2D eigenvalue weighted by molar-refractivity contribution is 5.76. The van der Waals surface area contributed by atoms with E-state index in [1.165, 1.54) is 0 Å². The van der Waals surface area contributed by atoms with Crippen molar-refractivity contribution < 1.29 is 14.6 Å². The van der Waals surface area contributed by atoms with Crippen LogP contribution in [0.4, 0.5) is 0 Å². The number of nitrogens with zero attached hydrogens (tertiary/aromatic N) is 1. The fourth-order valence-corrected chi connectivity index (χ4v) is 1.71. The van der Waals surface area contributed by atoms with E-state index in [9.17, 15) is 4.79 Å². The van der Waals surface area contributed by atoms with Crippen LogP contribution in [0.1, 0.15) is 13.8 Å². The molecule has 0 aromatic rings. The molecule has 1 aliphatic heterocycles. The van der Waals surface area contributed by atoms with E-state index in [2.05, 4.69) is 0 Å². The highest BCUT2D eigenvalue weighted by Crippen LogP contribution is 2.15. The van der Waals surface area contributed by atoms with Gasteiger partial charge in [0.05, 0.1) is 6.61 Å². The first-order valence-corrected chi connectivity index (χ1v) is 4.68. The summed E-state index contributed by atoms with van der Waals surface area (Å²) in [5.74, 6) is 0.0778. The van der Waals surface area contributed by atoms with Gasteiger partial charge in [-0.25, -0.2) is 0 Å². The van der Waals surface area contributed by atoms with Gasteiger partial charge < -0.3 is 9.84 Å². The van der Waals surface area contributed by atoms with Crippen molar-refractivity contribution in [1.29, 1.82) is 0 Å². The number of rotatable bonds is 3. The van der Waals surface area contributed by atoms with Gasteiger partial charge >= 0.3 is 5.97 Å². The van der Waals surface area contributed by atoms with Crippen LogP contribution in [-0.4, -0.2) is 48.3 Å². The van der Waals surface area contributed by atoms with Crippen molar-refractivity contribution in [3.8, 4) is 0 Å². The number of morpholine rings is 1. The molecule has 1 rings (SSSR count). The van der Waals surface area contributed by atoms with Gasteiger partial charge in [-0.1, -0.05) is 13.8 Å². The highest BCUT2D eigenvalue weighted by Gasteiger charge is 2.33. The third-order valence-electron chi connectivity index (χ3n) is 2.28. The first kappa shape index (κ1) is 10.5. The minimum absolute atomic E-state index is 0.0938. The summed E-state index contributed by atoms with van der Waals surface area (Å²) in [6, 6.07) is -0.180. The molecule has 0 aromatic carbocycles. The smallest absolute Gasteiger partial charge is 0.323 e. The number of hydrogen-bond donors (Lipinski definition) is 1. The monoisotopic (exact) mass is 187 g/mol. The lowest BCUT2D eigenvalue weighted by atomic mass is 10.0. The first-order valence-electron chi connectivity index (χ1n) is 4.68. The number of aliphatic hydroxyl groups is 1. The molecule has 1 saturated heterocycles. The summed E-state index contributed by atoms with van der Waals surface area (Å²) < 4.78 is 4.97. The molecule has 4 nitrogen and oxygen atoms in total. The van der Waals surface area contributed by atoms with E-state index in [4.69, 9.17) is 9.84 Å². The Morgan fingerprint density at radius 2 is 2.38 bits per heavy atom. The Kier molecular flexibility index (Phi) is 3.69. The molecule has 13 heavy (non-hydrogen) atoms. The van der Waals surface area contributed by atoms with E-state index in [0.29, 0.717) is 13.2 Å².